The van der Waals surface area contributed by atoms with E-state index < -0.39 is 0 Å². The number of rotatable bonds is 3. The zero-order valence-electron chi connectivity index (χ0n) is 11.4. The van der Waals surface area contributed by atoms with Gasteiger partial charge in [0.25, 0.3) is 5.91 Å². The van der Waals surface area contributed by atoms with Gasteiger partial charge in [-0.05, 0) is 41.0 Å². The zero-order chi connectivity index (χ0) is 15.2. The number of benzene rings is 2. The monoisotopic (exact) mass is 280 g/mol. The summed E-state index contributed by atoms with van der Waals surface area (Å²) in [6, 6.07) is 14.8. The van der Waals surface area contributed by atoms with E-state index in [0.717, 1.165) is 5.56 Å². The summed E-state index contributed by atoms with van der Waals surface area (Å²) in [6.45, 7) is 0. The van der Waals surface area contributed by atoms with Gasteiger partial charge in [0, 0.05) is 18.7 Å². The summed E-state index contributed by atoms with van der Waals surface area (Å²) in [5.41, 5.74) is 2.58. The average molecular weight is 280 g/mol. The number of allylic oxidation sites excluding steroid dienone is 1. The molecule has 4 heteroatoms. The van der Waals surface area contributed by atoms with Gasteiger partial charge in [-0.3, -0.25) is 4.79 Å². The topological polar surface area (TPSA) is 52.9 Å². The number of amides is 1. The number of nitrogens with zero attached hydrogens (tertiary/aromatic N) is 1. The summed E-state index contributed by atoms with van der Waals surface area (Å²) in [5, 5.41) is 11.5. The van der Waals surface area contributed by atoms with E-state index in [2.05, 4.69) is 5.32 Å². The van der Waals surface area contributed by atoms with E-state index in [1.165, 1.54) is 18.2 Å². The van der Waals surface area contributed by atoms with Crippen molar-refractivity contribution in [2.75, 3.05) is 7.05 Å². The van der Waals surface area contributed by atoms with Crippen LogP contribution in [-0.2, 0) is 0 Å². The highest BCUT2D eigenvalue weighted by atomic mass is 19.1. The lowest BCUT2D eigenvalue weighted by atomic mass is 9.96. The Morgan fingerprint density at radius 3 is 2.43 bits per heavy atom. The number of carbonyl (C=O) groups excluding carboxylic acids is 1. The Bertz CT molecular complexity index is 727. The molecular formula is C17H13FN2O. The molecule has 0 atom stereocenters. The predicted molar refractivity (Wildman–Crippen MR) is 78.9 cm³/mol. The molecule has 0 fully saturated rings. The Morgan fingerprint density at radius 1 is 1.14 bits per heavy atom. The van der Waals surface area contributed by atoms with Gasteiger partial charge >= 0.3 is 0 Å². The second-order valence-corrected chi connectivity index (χ2v) is 4.35. The first-order valence-corrected chi connectivity index (χ1v) is 6.34. The van der Waals surface area contributed by atoms with Crippen molar-refractivity contribution < 1.29 is 9.18 Å². The number of carbonyl (C=O) groups is 1. The van der Waals surface area contributed by atoms with Crippen LogP contribution in [0, 0.1) is 17.1 Å². The third-order valence-corrected chi connectivity index (χ3v) is 3.03. The van der Waals surface area contributed by atoms with Gasteiger partial charge < -0.3 is 5.32 Å². The van der Waals surface area contributed by atoms with Crippen molar-refractivity contribution in [3.05, 3.63) is 77.1 Å². The smallest absolute Gasteiger partial charge is 0.251 e. The van der Waals surface area contributed by atoms with Crippen LogP contribution in [0.5, 0.6) is 0 Å². The van der Waals surface area contributed by atoms with Gasteiger partial charge in [-0.2, -0.15) is 5.26 Å². The molecule has 0 saturated heterocycles. The second-order valence-electron chi connectivity index (χ2n) is 4.35. The highest BCUT2D eigenvalue weighted by Gasteiger charge is 2.09. The van der Waals surface area contributed by atoms with Crippen molar-refractivity contribution >= 4 is 11.5 Å². The van der Waals surface area contributed by atoms with Gasteiger partial charge in [0.15, 0.2) is 0 Å². The lowest BCUT2D eigenvalue weighted by Gasteiger charge is -2.09. The number of hydrogen-bond acceptors (Lipinski definition) is 2. The van der Waals surface area contributed by atoms with E-state index in [1.807, 2.05) is 6.07 Å². The maximum absolute atomic E-state index is 13.0. The van der Waals surface area contributed by atoms with Crippen molar-refractivity contribution in [2.24, 2.45) is 0 Å². The molecule has 2 rings (SSSR count). The maximum atomic E-state index is 13.0. The van der Waals surface area contributed by atoms with Crippen molar-refractivity contribution in [3.8, 4) is 6.07 Å². The minimum Gasteiger partial charge on any atom is -0.355 e. The van der Waals surface area contributed by atoms with Crippen LogP contribution >= 0.6 is 0 Å². The molecule has 3 nitrogen and oxygen atoms in total. The molecule has 0 aliphatic rings. The Morgan fingerprint density at radius 2 is 1.81 bits per heavy atom. The molecule has 2 aromatic carbocycles. The first kappa shape index (κ1) is 14.5. The summed E-state index contributed by atoms with van der Waals surface area (Å²) in [5.74, 6) is -0.540. The minimum atomic E-state index is -0.339. The van der Waals surface area contributed by atoms with Crippen LogP contribution in [0.15, 0.2) is 54.6 Å². The van der Waals surface area contributed by atoms with Gasteiger partial charge in [-0.25, -0.2) is 4.39 Å². The fourth-order valence-electron chi connectivity index (χ4n) is 2.00. The van der Waals surface area contributed by atoms with E-state index in [9.17, 15) is 9.18 Å². The Labute approximate surface area is 122 Å². The summed E-state index contributed by atoms with van der Waals surface area (Å²) in [7, 11) is 1.56. The molecule has 0 aliphatic heterocycles. The molecule has 0 saturated carbocycles. The maximum Gasteiger partial charge on any atom is 0.251 e. The molecule has 1 N–H and O–H groups in total. The molecule has 104 valence electrons. The van der Waals surface area contributed by atoms with Crippen LogP contribution in [0.3, 0.4) is 0 Å². The number of nitriles is 1. The van der Waals surface area contributed by atoms with E-state index >= 15 is 0 Å². The third kappa shape index (κ3) is 3.34. The molecule has 0 aromatic heterocycles. The van der Waals surface area contributed by atoms with Gasteiger partial charge in [0.2, 0.25) is 0 Å². The number of nitrogens with one attached hydrogen (secondary N) is 1. The van der Waals surface area contributed by atoms with E-state index in [4.69, 9.17) is 5.26 Å². The van der Waals surface area contributed by atoms with Crippen LogP contribution in [0.1, 0.15) is 21.5 Å². The van der Waals surface area contributed by atoms with E-state index in [0.29, 0.717) is 16.7 Å². The van der Waals surface area contributed by atoms with Crippen molar-refractivity contribution in [3.63, 3.8) is 0 Å². The fraction of sp³-hybridized carbons (Fsp3) is 0.0588. The van der Waals surface area contributed by atoms with Gasteiger partial charge in [-0.1, -0.05) is 24.3 Å². The molecule has 0 unspecified atom stereocenters. The molecule has 21 heavy (non-hydrogen) atoms. The second kappa shape index (κ2) is 6.49. The third-order valence-electron chi connectivity index (χ3n) is 3.03. The fourth-order valence-corrected chi connectivity index (χ4v) is 2.00. The van der Waals surface area contributed by atoms with Crippen LogP contribution in [-0.4, -0.2) is 13.0 Å². The summed E-state index contributed by atoms with van der Waals surface area (Å²) in [4.78, 5) is 11.7. The average Bonchev–Trinajstić information content (AvgIpc) is 2.53. The summed E-state index contributed by atoms with van der Waals surface area (Å²) in [6.07, 6.45) is 1.39. The van der Waals surface area contributed by atoms with Gasteiger partial charge in [0.05, 0.1) is 6.07 Å². The normalized spacial score (nSPS) is 10.8. The first-order chi connectivity index (χ1) is 10.2. The SMILES string of the molecule is CNC(=O)c1cccc(C(=CC#N)c2ccc(F)cc2)c1. The van der Waals surface area contributed by atoms with Crippen LogP contribution < -0.4 is 5.32 Å². The predicted octanol–water partition coefficient (Wildman–Crippen LogP) is 3.14. The zero-order valence-corrected chi connectivity index (χ0v) is 11.4. The number of halogens is 1. The quantitative estimate of drug-likeness (QED) is 0.878. The van der Waals surface area contributed by atoms with Gasteiger partial charge in [-0.15, -0.1) is 0 Å². The molecule has 0 heterocycles. The molecule has 0 radical (unpaired) electrons. The molecule has 0 aliphatic carbocycles. The van der Waals surface area contributed by atoms with E-state index in [-0.39, 0.29) is 11.7 Å². The minimum absolute atomic E-state index is 0.202. The lowest BCUT2D eigenvalue weighted by Crippen LogP contribution is -2.17. The molecular weight excluding hydrogens is 267 g/mol. The van der Waals surface area contributed by atoms with Crippen LogP contribution in [0.2, 0.25) is 0 Å². The van der Waals surface area contributed by atoms with Gasteiger partial charge in [0.1, 0.15) is 5.82 Å². The highest BCUT2D eigenvalue weighted by Crippen LogP contribution is 2.24. The van der Waals surface area contributed by atoms with Crippen molar-refractivity contribution in [1.82, 2.24) is 5.32 Å². The highest BCUT2D eigenvalue weighted by molar-refractivity contribution is 5.95. The summed E-state index contributed by atoms with van der Waals surface area (Å²) >= 11 is 0. The van der Waals surface area contributed by atoms with Crippen molar-refractivity contribution in [2.45, 2.75) is 0 Å². The first-order valence-electron chi connectivity index (χ1n) is 6.34. The Kier molecular flexibility index (Phi) is 4.47. The Balaban J connectivity index is 2.49. The lowest BCUT2D eigenvalue weighted by molar-refractivity contribution is 0.0963. The van der Waals surface area contributed by atoms with Crippen LogP contribution in [0.4, 0.5) is 4.39 Å². The molecule has 2 aromatic rings. The molecule has 1 amide bonds. The molecule has 0 spiro atoms. The number of hydrogen-bond donors (Lipinski definition) is 1. The summed E-state index contributed by atoms with van der Waals surface area (Å²) < 4.78 is 13.0. The standard InChI is InChI=1S/C17H13FN2O/c1-20-17(21)14-4-2-3-13(11-14)16(9-10-19)12-5-7-15(18)8-6-12/h2-9,11H,1H3,(H,20,21). The van der Waals surface area contributed by atoms with E-state index in [1.54, 1.807) is 43.4 Å². The Hall–Kier alpha value is -2.93. The molecule has 0 bridgehead atoms. The largest absolute Gasteiger partial charge is 0.355 e. The van der Waals surface area contributed by atoms with Crippen LogP contribution in [0.25, 0.3) is 5.57 Å². The van der Waals surface area contributed by atoms with Crippen molar-refractivity contribution in [1.29, 1.82) is 5.26 Å².